The molecule has 2 heterocycles. The van der Waals surface area contributed by atoms with Gasteiger partial charge >= 0.3 is 0 Å². The number of carbonyl (C=O) groups is 1. The largest absolute Gasteiger partial charge is 0.373 e. The molecule has 2 aromatic rings. The van der Waals surface area contributed by atoms with Crippen LogP contribution in [0.15, 0.2) is 65.7 Å². The van der Waals surface area contributed by atoms with Crippen LogP contribution >= 0.6 is 0 Å². The Morgan fingerprint density at radius 3 is 2.48 bits per heavy atom. The lowest BCUT2D eigenvalue weighted by Crippen LogP contribution is -2.50. The molecule has 2 aromatic carbocycles. The molecule has 2 aliphatic heterocycles. The number of likely N-dealkylation sites (tertiary alicyclic amines) is 1. The van der Waals surface area contributed by atoms with Gasteiger partial charge in [0.2, 0.25) is 0 Å². The van der Waals surface area contributed by atoms with Crippen LogP contribution in [0.1, 0.15) is 15.9 Å². The number of aliphatic imine (C=N–C) groups is 1. The Hall–Kier alpha value is -2.90. The van der Waals surface area contributed by atoms with E-state index >= 15 is 0 Å². The fourth-order valence-corrected chi connectivity index (χ4v) is 4.32. The Bertz CT molecular complexity index is 874. The summed E-state index contributed by atoms with van der Waals surface area (Å²) < 4.78 is 6.08. The first-order valence-corrected chi connectivity index (χ1v) is 10.9. The van der Waals surface area contributed by atoms with Crippen molar-refractivity contribution in [3.63, 3.8) is 0 Å². The van der Waals surface area contributed by atoms with Gasteiger partial charge in [-0.25, -0.2) is 0 Å². The summed E-state index contributed by atoms with van der Waals surface area (Å²) in [6.07, 6.45) is 0.189. The van der Waals surface area contributed by atoms with Gasteiger partial charge < -0.3 is 20.3 Å². The second kappa shape index (κ2) is 10.4. The van der Waals surface area contributed by atoms with Gasteiger partial charge in [-0.15, -0.1) is 0 Å². The lowest BCUT2D eigenvalue weighted by molar-refractivity contribution is -0.0502. The molecule has 0 aromatic heterocycles. The van der Waals surface area contributed by atoms with E-state index in [0.29, 0.717) is 24.7 Å². The summed E-state index contributed by atoms with van der Waals surface area (Å²) in [5.41, 5.74) is 2.00. The first-order valence-electron chi connectivity index (χ1n) is 10.9. The van der Waals surface area contributed by atoms with Crippen LogP contribution in [0.3, 0.4) is 0 Å². The van der Waals surface area contributed by atoms with Crippen molar-refractivity contribution in [1.82, 2.24) is 20.4 Å². The number of guanidine groups is 1. The fraction of sp³-hybridized carbons (Fsp3) is 0.417. The van der Waals surface area contributed by atoms with Crippen molar-refractivity contribution >= 4 is 11.9 Å². The molecular formula is C24H31N5O2. The predicted molar refractivity (Wildman–Crippen MR) is 122 cm³/mol. The number of ether oxygens (including phenoxy) is 1. The van der Waals surface area contributed by atoms with Crippen molar-refractivity contribution < 1.29 is 9.53 Å². The smallest absolute Gasteiger partial charge is 0.251 e. The number of nitrogens with zero attached hydrogens (tertiary/aromatic N) is 3. The van der Waals surface area contributed by atoms with E-state index < -0.39 is 0 Å². The zero-order valence-corrected chi connectivity index (χ0v) is 18.0. The highest BCUT2D eigenvalue weighted by Gasteiger charge is 2.41. The van der Waals surface area contributed by atoms with E-state index in [2.05, 4.69) is 55.8 Å². The number of morpholine rings is 1. The number of hydrogen-bond acceptors (Lipinski definition) is 4. The maximum absolute atomic E-state index is 12.2. The standard InChI is InChI=1S/C24H31N5O2/c1-25-24(27-13-12-26-23(30)20-10-6-3-7-11-20)29-17-21-22(18-29)31-15-14-28(21)16-19-8-4-2-5-9-19/h2-11,21-22H,12-18H2,1H3,(H,25,27)(H,26,30). The van der Waals surface area contributed by atoms with Crippen molar-refractivity contribution in [2.75, 3.05) is 46.4 Å². The number of rotatable bonds is 6. The van der Waals surface area contributed by atoms with Crippen molar-refractivity contribution in [3.05, 3.63) is 71.8 Å². The number of fused-ring (bicyclic) bond motifs is 1. The molecule has 7 heteroatoms. The zero-order valence-electron chi connectivity index (χ0n) is 18.0. The fourth-order valence-electron chi connectivity index (χ4n) is 4.32. The summed E-state index contributed by atoms with van der Waals surface area (Å²) in [6.45, 7) is 5.51. The molecule has 2 unspecified atom stereocenters. The Morgan fingerprint density at radius 2 is 1.74 bits per heavy atom. The van der Waals surface area contributed by atoms with E-state index in [1.807, 2.05) is 30.3 Å². The van der Waals surface area contributed by atoms with Gasteiger partial charge in [0, 0.05) is 51.9 Å². The first kappa shape index (κ1) is 21.3. The van der Waals surface area contributed by atoms with Crippen LogP contribution in [0.2, 0.25) is 0 Å². The van der Waals surface area contributed by atoms with Crippen molar-refractivity contribution in [2.45, 2.75) is 18.7 Å². The molecule has 2 fully saturated rings. The molecule has 0 saturated carbocycles. The lowest BCUT2D eigenvalue weighted by atomic mass is 10.1. The lowest BCUT2D eigenvalue weighted by Gasteiger charge is -2.36. The van der Waals surface area contributed by atoms with Gasteiger partial charge in [0.25, 0.3) is 5.91 Å². The molecule has 4 rings (SSSR count). The van der Waals surface area contributed by atoms with Gasteiger partial charge in [-0.3, -0.25) is 14.7 Å². The number of benzene rings is 2. The third-order valence-electron chi connectivity index (χ3n) is 5.89. The molecule has 2 saturated heterocycles. The van der Waals surface area contributed by atoms with Crippen molar-refractivity contribution in [2.24, 2.45) is 4.99 Å². The Labute approximate surface area is 184 Å². The van der Waals surface area contributed by atoms with Crippen LogP contribution in [-0.4, -0.2) is 80.2 Å². The van der Waals surface area contributed by atoms with Crippen LogP contribution in [0.5, 0.6) is 0 Å². The summed E-state index contributed by atoms with van der Waals surface area (Å²) in [6, 6.07) is 20.2. The van der Waals surface area contributed by atoms with E-state index in [4.69, 9.17) is 4.74 Å². The Kier molecular flexibility index (Phi) is 7.17. The SMILES string of the molecule is CN=C(NCCNC(=O)c1ccccc1)N1CC2OCCN(Cc3ccccc3)C2C1. The van der Waals surface area contributed by atoms with Crippen LogP contribution in [0.25, 0.3) is 0 Å². The third kappa shape index (κ3) is 5.42. The van der Waals surface area contributed by atoms with E-state index in [9.17, 15) is 4.79 Å². The van der Waals surface area contributed by atoms with Gasteiger partial charge in [0.15, 0.2) is 5.96 Å². The van der Waals surface area contributed by atoms with Crippen LogP contribution in [0, 0.1) is 0 Å². The highest BCUT2D eigenvalue weighted by molar-refractivity contribution is 5.94. The van der Waals surface area contributed by atoms with E-state index in [1.165, 1.54) is 5.56 Å². The zero-order chi connectivity index (χ0) is 21.5. The number of carbonyl (C=O) groups excluding carboxylic acids is 1. The second-order valence-corrected chi connectivity index (χ2v) is 7.93. The molecule has 7 nitrogen and oxygen atoms in total. The van der Waals surface area contributed by atoms with Gasteiger partial charge in [0.05, 0.1) is 18.8 Å². The summed E-state index contributed by atoms with van der Waals surface area (Å²) in [5, 5.41) is 6.32. The van der Waals surface area contributed by atoms with E-state index in [0.717, 1.165) is 38.7 Å². The molecule has 0 radical (unpaired) electrons. The minimum absolute atomic E-state index is 0.0606. The van der Waals surface area contributed by atoms with E-state index in [-0.39, 0.29) is 12.0 Å². The normalized spacial score (nSPS) is 21.6. The summed E-state index contributed by atoms with van der Waals surface area (Å²) >= 11 is 0. The molecule has 2 aliphatic rings. The molecule has 2 atom stereocenters. The minimum atomic E-state index is -0.0606. The Morgan fingerprint density at radius 1 is 1.03 bits per heavy atom. The molecule has 31 heavy (non-hydrogen) atoms. The minimum Gasteiger partial charge on any atom is -0.373 e. The van der Waals surface area contributed by atoms with Gasteiger partial charge in [0.1, 0.15) is 0 Å². The number of amides is 1. The molecule has 0 aliphatic carbocycles. The van der Waals surface area contributed by atoms with Crippen LogP contribution in [-0.2, 0) is 11.3 Å². The summed E-state index contributed by atoms with van der Waals surface area (Å²) in [5.74, 6) is 0.793. The van der Waals surface area contributed by atoms with Crippen LogP contribution < -0.4 is 10.6 Å². The molecule has 2 N–H and O–H groups in total. The summed E-state index contributed by atoms with van der Waals surface area (Å²) in [7, 11) is 1.80. The molecular weight excluding hydrogens is 390 g/mol. The molecule has 164 valence electrons. The van der Waals surface area contributed by atoms with Gasteiger partial charge in [-0.2, -0.15) is 0 Å². The average molecular weight is 422 g/mol. The number of nitrogens with one attached hydrogen (secondary N) is 2. The maximum atomic E-state index is 12.2. The van der Waals surface area contributed by atoms with E-state index in [1.54, 1.807) is 7.05 Å². The summed E-state index contributed by atoms with van der Waals surface area (Å²) in [4.78, 5) is 21.4. The molecule has 1 amide bonds. The van der Waals surface area contributed by atoms with Gasteiger partial charge in [-0.05, 0) is 17.7 Å². The molecule has 0 spiro atoms. The first-order chi connectivity index (χ1) is 15.2. The maximum Gasteiger partial charge on any atom is 0.251 e. The highest BCUT2D eigenvalue weighted by atomic mass is 16.5. The topological polar surface area (TPSA) is 69.2 Å². The monoisotopic (exact) mass is 421 g/mol. The third-order valence-corrected chi connectivity index (χ3v) is 5.89. The highest BCUT2D eigenvalue weighted by Crippen LogP contribution is 2.24. The second-order valence-electron chi connectivity index (χ2n) is 7.93. The average Bonchev–Trinajstić information content (AvgIpc) is 3.25. The van der Waals surface area contributed by atoms with Crippen LogP contribution in [0.4, 0.5) is 0 Å². The Balaban J connectivity index is 1.27. The van der Waals surface area contributed by atoms with Crippen molar-refractivity contribution in [3.8, 4) is 0 Å². The van der Waals surface area contributed by atoms with Crippen molar-refractivity contribution in [1.29, 1.82) is 0 Å². The predicted octanol–water partition coefficient (Wildman–Crippen LogP) is 1.58. The molecule has 0 bridgehead atoms. The number of hydrogen-bond donors (Lipinski definition) is 2. The van der Waals surface area contributed by atoms with Gasteiger partial charge in [-0.1, -0.05) is 48.5 Å². The quantitative estimate of drug-likeness (QED) is 0.421.